The molecule has 0 radical (unpaired) electrons. The highest BCUT2D eigenvalue weighted by Crippen LogP contribution is 2.33. The molecule has 7 nitrogen and oxygen atoms in total. The zero-order valence-electron chi connectivity index (χ0n) is 13.0. The summed E-state index contributed by atoms with van der Waals surface area (Å²) in [6.07, 6.45) is 5.91. The molecule has 1 atom stereocenters. The predicted molar refractivity (Wildman–Crippen MR) is 87.1 cm³/mol. The Hall–Kier alpha value is -2.80. The fourth-order valence-electron chi connectivity index (χ4n) is 2.97. The van der Waals surface area contributed by atoms with Gasteiger partial charge >= 0.3 is 0 Å². The van der Waals surface area contributed by atoms with Crippen LogP contribution in [0.1, 0.15) is 12.0 Å². The van der Waals surface area contributed by atoms with Crippen LogP contribution < -0.4 is 0 Å². The van der Waals surface area contributed by atoms with Gasteiger partial charge < -0.3 is 24.8 Å². The number of amides is 1. The molecule has 0 aliphatic carbocycles. The van der Waals surface area contributed by atoms with E-state index < -0.39 is 11.9 Å². The van der Waals surface area contributed by atoms with E-state index in [1.165, 1.54) is 17.0 Å². The number of aliphatic hydroxyl groups is 2. The fourth-order valence-corrected chi connectivity index (χ4v) is 2.97. The molecular formula is C17H19N3O4. The van der Waals surface area contributed by atoms with Crippen molar-refractivity contribution < 1.29 is 20.1 Å². The number of imidazole rings is 1. The highest BCUT2D eigenvalue weighted by Gasteiger charge is 2.39. The van der Waals surface area contributed by atoms with Crippen LogP contribution in [0.25, 0.3) is 5.57 Å². The maximum Gasteiger partial charge on any atom is 0.289 e. The monoisotopic (exact) mass is 329 g/mol. The van der Waals surface area contributed by atoms with Gasteiger partial charge in [0.15, 0.2) is 5.76 Å². The molecule has 126 valence electrons. The molecule has 2 aromatic rings. The minimum atomic E-state index is -0.593. The Bertz CT molecular complexity index is 738. The van der Waals surface area contributed by atoms with Crippen LogP contribution in [0.15, 0.2) is 48.7 Å². The number of benzene rings is 1. The van der Waals surface area contributed by atoms with Crippen LogP contribution >= 0.6 is 0 Å². The summed E-state index contributed by atoms with van der Waals surface area (Å²) in [5, 5.41) is 29.4. The summed E-state index contributed by atoms with van der Waals surface area (Å²) in [5.41, 5.74) is 1.000. The molecule has 1 amide bonds. The van der Waals surface area contributed by atoms with Gasteiger partial charge in [0.1, 0.15) is 5.75 Å². The van der Waals surface area contributed by atoms with E-state index >= 15 is 0 Å². The third-order valence-corrected chi connectivity index (χ3v) is 4.15. The fraction of sp³-hybridized carbons (Fsp3) is 0.294. The number of phenolic OH excluding ortho intramolecular Hbond substituents is 1. The van der Waals surface area contributed by atoms with Gasteiger partial charge in [0.25, 0.3) is 5.91 Å². The zero-order chi connectivity index (χ0) is 17.1. The summed E-state index contributed by atoms with van der Waals surface area (Å²) in [5.74, 6) is -0.731. The average Bonchev–Trinajstić information content (AvgIpc) is 3.18. The lowest BCUT2D eigenvalue weighted by molar-refractivity contribution is -0.129. The van der Waals surface area contributed by atoms with Crippen LogP contribution in [0.2, 0.25) is 0 Å². The molecule has 0 bridgehead atoms. The Kier molecular flexibility index (Phi) is 4.52. The molecule has 0 saturated heterocycles. The molecule has 1 aliphatic heterocycles. The number of aryl methyl sites for hydroxylation is 1. The van der Waals surface area contributed by atoms with Crippen LogP contribution in [0.4, 0.5) is 0 Å². The molecule has 0 saturated carbocycles. The quantitative estimate of drug-likeness (QED) is 0.738. The number of nitrogens with zero attached hydrogens (tertiary/aromatic N) is 3. The molecule has 1 unspecified atom stereocenters. The summed E-state index contributed by atoms with van der Waals surface area (Å²) < 4.78 is 1.91. The third-order valence-electron chi connectivity index (χ3n) is 4.15. The summed E-state index contributed by atoms with van der Waals surface area (Å²) in [6, 6.07) is 5.61. The number of carbonyl (C=O) groups excluding carboxylic acids is 1. The summed E-state index contributed by atoms with van der Waals surface area (Å²) in [6.45, 7) is 0.822. The van der Waals surface area contributed by atoms with Crippen molar-refractivity contribution in [1.82, 2.24) is 14.5 Å². The molecule has 3 rings (SSSR count). The van der Waals surface area contributed by atoms with Crippen LogP contribution in [0.5, 0.6) is 5.75 Å². The van der Waals surface area contributed by atoms with E-state index in [0.717, 1.165) is 0 Å². The second kappa shape index (κ2) is 6.76. The van der Waals surface area contributed by atoms with Gasteiger partial charge in [0.05, 0.1) is 19.0 Å². The summed E-state index contributed by atoms with van der Waals surface area (Å²) in [4.78, 5) is 17.8. The first-order valence-electron chi connectivity index (χ1n) is 7.72. The Labute approximate surface area is 139 Å². The van der Waals surface area contributed by atoms with Crippen LogP contribution in [0, 0.1) is 0 Å². The summed E-state index contributed by atoms with van der Waals surface area (Å²) in [7, 11) is 0. The van der Waals surface area contributed by atoms with E-state index in [1.807, 2.05) is 10.8 Å². The molecule has 0 fully saturated rings. The zero-order valence-corrected chi connectivity index (χ0v) is 13.0. The maximum atomic E-state index is 12.4. The molecule has 3 N–H and O–H groups in total. The molecule has 1 aromatic heterocycles. The molecule has 1 aliphatic rings. The molecular weight excluding hydrogens is 310 g/mol. The molecule has 2 heterocycles. The molecule has 0 spiro atoms. The van der Waals surface area contributed by atoms with Gasteiger partial charge in [-0.25, -0.2) is 4.98 Å². The van der Waals surface area contributed by atoms with Crippen molar-refractivity contribution in [3.8, 4) is 5.75 Å². The molecule has 1 aromatic carbocycles. The van der Waals surface area contributed by atoms with Gasteiger partial charge in [-0.1, -0.05) is 12.1 Å². The number of aromatic hydroxyl groups is 1. The second-order valence-electron chi connectivity index (χ2n) is 5.66. The van der Waals surface area contributed by atoms with E-state index in [2.05, 4.69) is 4.98 Å². The Morgan fingerprint density at radius 2 is 1.88 bits per heavy atom. The predicted octanol–water partition coefficient (Wildman–Crippen LogP) is 1.15. The number of carbonyl (C=O) groups is 1. The minimum Gasteiger partial charge on any atom is -0.508 e. The lowest BCUT2D eigenvalue weighted by atomic mass is 9.99. The van der Waals surface area contributed by atoms with Gasteiger partial charge in [0.2, 0.25) is 0 Å². The van der Waals surface area contributed by atoms with Crippen molar-refractivity contribution in [2.24, 2.45) is 0 Å². The smallest absolute Gasteiger partial charge is 0.289 e. The molecule has 24 heavy (non-hydrogen) atoms. The highest BCUT2D eigenvalue weighted by atomic mass is 16.3. The number of rotatable bonds is 6. The Morgan fingerprint density at radius 1 is 1.12 bits per heavy atom. The topological polar surface area (TPSA) is 98.8 Å². The summed E-state index contributed by atoms with van der Waals surface area (Å²) >= 11 is 0. The number of aliphatic hydroxyl groups excluding tert-OH is 2. The first-order chi connectivity index (χ1) is 11.6. The standard InChI is InChI=1S/C17H19N3O4/c21-10-14-15(12-2-4-13(22)5-3-12)16(23)17(24)20(14)8-1-7-19-9-6-18-11-19/h2-6,9,11,14,21-23H,1,7-8,10H2. The first kappa shape index (κ1) is 16.1. The van der Waals surface area contributed by atoms with Gasteiger partial charge in [-0.3, -0.25) is 4.79 Å². The van der Waals surface area contributed by atoms with Crippen molar-refractivity contribution in [2.45, 2.75) is 19.0 Å². The second-order valence-corrected chi connectivity index (χ2v) is 5.66. The van der Waals surface area contributed by atoms with Crippen molar-refractivity contribution in [3.05, 3.63) is 54.3 Å². The van der Waals surface area contributed by atoms with Crippen LogP contribution in [-0.2, 0) is 11.3 Å². The van der Waals surface area contributed by atoms with Crippen molar-refractivity contribution >= 4 is 11.5 Å². The number of aromatic nitrogens is 2. The maximum absolute atomic E-state index is 12.4. The van der Waals surface area contributed by atoms with E-state index in [1.54, 1.807) is 24.7 Å². The molecule has 7 heteroatoms. The van der Waals surface area contributed by atoms with E-state index in [4.69, 9.17) is 0 Å². The number of hydrogen-bond donors (Lipinski definition) is 3. The van der Waals surface area contributed by atoms with Crippen molar-refractivity contribution in [2.75, 3.05) is 13.2 Å². The van der Waals surface area contributed by atoms with Crippen LogP contribution in [-0.4, -0.2) is 54.9 Å². The SMILES string of the molecule is O=C1C(O)=C(c2ccc(O)cc2)C(CO)N1CCCn1ccnc1. The normalized spacial score (nSPS) is 17.8. The van der Waals surface area contributed by atoms with E-state index in [9.17, 15) is 20.1 Å². The average molecular weight is 329 g/mol. The van der Waals surface area contributed by atoms with E-state index in [-0.39, 0.29) is 18.1 Å². The number of hydrogen-bond acceptors (Lipinski definition) is 5. The lowest BCUT2D eigenvalue weighted by Crippen LogP contribution is -2.38. The van der Waals surface area contributed by atoms with Gasteiger partial charge in [0, 0.05) is 31.1 Å². The number of phenols is 1. The van der Waals surface area contributed by atoms with E-state index in [0.29, 0.717) is 30.6 Å². The van der Waals surface area contributed by atoms with Crippen molar-refractivity contribution in [3.63, 3.8) is 0 Å². The van der Waals surface area contributed by atoms with Gasteiger partial charge in [-0.15, -0.1) is 0 Å². The largest absolute Gasteiger partial charge is 0.508 e. The lowest BCUT2D eigenvalue weighted by Gasteiger charge is -2.25. The highest BCUT2D eigenvalue weighted by molar-refractivity contribution is 6.05. The van der Waals surface area contributed by atoms with Crippen molar-refractivity contribution in [1.29, 1.82) is 0 Å². The first-order valence-corrected chi connectivity index (χ1v) is 7.72. The Balaban J connectivity index is 1.75. The third kappa shape index (κ3) is 2.98. The Morgan fingerprint density at radius 3 is 2.50 bits per heavy atom. The van der Waals surface area contributed by atoms with Gasteiger partial charge in [-0.2, -0.15) is 0 Å². The van der Waals surface area contributed by atoms with Gasteiger partial charge in [-0.05, 0) is 24.1 Å². The minimum absolute atomic E-state index is 0.0981. The van der Waals surface area contributed by atoms with Crippen LogP contribution in [0.3, 0.4) is 0 Å².